The van der Waals surface area contributed by atoms with E-state index in [-0.39, 0.29) is 43.0 Å². The van der Waals surface area contributed by atoms with Crippen LogP contribution in [-0.4, -0.2) is 42.1 Å². The van der Waals surface area contributed by atoms with Crippen molar-refractivity contribution in [2.75, 3.05) is 13.1 Å². The molecule has 7 nitrogen and oxygen atoms in total. The first-order chi connectivity index (χ1) is 17.4. The fourth-order valence-corrected chi connectivity index (χ4v) is 4.53. The number of carboxylic acid groups (broad SMARTS) is 1. The number of hydrogen-bond acceptors (Lipinski definition) is 4. The van der Waals surface area contributed by atoms with Crippen LogP contribution in [0.15, 0.2) is 60.7 Å². The van der Waals surface area contributed by atoms with Crippen LogP contribution < -0.4 is 15.4 Å². The smallest absolute Gasteiger partial charge is 0.303 e. The first kappa shape index (κ1) is 25.2. The summed E-state index contributed by atoms with van der Waals surface area (Å²) < 4.78 is 20.4. The molecule has 0 aliphatic heterocycles. The Morgan fingerprint density at radius 2 is 1.56 bits per heavy atom. The van der Waals surface area contributed by atoms with Crippen molar-refractivity contribution in [1.29, 1.82) is 0 Å². The number of carbonyl (C=O) groups excluding carboxylic acids is 2. The van der Waals surface area contributed by atoms with Gasteiger partial charge >= 0.3 is 5.97 Å². The normalized spacial score (nSPS) is 17.4. The Morgan fingerprint density at radius 3 is 2.25 bits per heavy atom. The monoisotopic (exact) mass is 492 g/mol. The maximum absolute atomic E-state index is 14.6. The van der Waals surface area contributed by atoms with Crippen molar-refractivity contribution in [3.05, 3.63) is 77.6 Å². The summed E-state index contributed by atoms with van der Waals surface area (Å²) in [5, 5.41) is 16.3. The fourth-order valence-electron chi connectivity index (χ4n) is 4.53. The molecule has 3 aromatic rings. The van der Waals surface area contributed by atoms with Crippen LogP contribution in [0.4, 0.5) is 4.39 Å². The van der Waals surface area contributed by atoms with Gasteiger partial charge in [0.15, 0.2) is 0 Å². The van der Waals surface area contributed by atoms with Gasteiger partial charge in [0.05, 0.1) is 11.7 Å². The highest BCUT2D eigenvalue weighted by Crippen LogP contribution is 2.30. The van der Waals surface area contributed by atoms with Crippen LogP contribution in [0.25, 0.3) is 10.8 Å². The van der Waals surface area contributed by atoms with Crippen LogP contribution in [0.3, 0.4) is 0 Å². The van der Waals surface area contributed by atoms with Gasteiger partial charge in [-0.25, -0.2) is 4.39 Å². The highest BCUT2D eigenvalue weighted by molar-refractivity contribution is 5.98. The lowest BCUT2D eigenvalue weighted by molar-refractivity contribution is -0.138. The van der Waals surface area contributed by atoms with Crippen LogP contribution in [-0.2, 0) is 4.79 Å². The number of aliphatic carboxylic acids is 1. The summed E-state index contributed by atoms with van der Waals surface area (Å²) >= 11 is 0. The van der Waals surface area contributed by atoms with Crippen molar-refractivity contribution in [3.63, 3.8) is 0 Å². The molecular weight excluding hydrogens is 463 g/mol. The summed E-state index contributed by atoms with van der Waals surface area (Å²) in [5.74, 6) is -1.81. The second-order valence-corrected chi connectivity index (χ2v) is 9.07. The minimum Gasteiger partial charge on any atom is -0.490 e. The maximum atomic E-state index is 14.6. The molecule has 8 heteroatoms. The molecule has 1 fully saturated rings. The summed E-state index contributed by atoms with van der Waals surface area (Å²) in [4.78, 5) is 35.7. The minimum atomic E-state index is -0.789. The number of carbonyl (C=O) groups is 3. The van der Waals surface area contributed by atoms with Gasteiger partial charge in [0.1, 0.15) is 11.6 Å². The van der Waals surface area contributed by atoms with Crippen LogP contribution in [0.2, 0.25) is 0 Å². The number of hydrogen-bond donors (Lipinski definition) is 3. The van der Waals surface area contributed by atoms with Crippen molar-refractivity contribution in [2.45, 2.75) is 38.2 Å². The van der Waals surface area contributed by atoms with E-state index in [0.717, 1.165) is 23.6 Å². The molecule has 36 heavy (non-hydrogen) atoms. The van der Waals surface area contributed by atoms with Crippen LogP contribution >= 0.6 is 0 Å². The van der Waals surface area contributed by atoms with Gasteiger partial charge in [-0.3, -0.25) is 14.4 Å². The summed E-state index contributed by atoms with van der Waals surface area (Å²) in [6, 6.07) is 17.3. The molecule has 2 amide bonds. The van der Waals surface area contributed by atoms with Crippen molar-refractivity contribution in [2.24, 2.45) is 5.92 Å². The predicted molar refractivity (Wildman–Crippen MR) is 134 cm³/mol. The van der Waals surface area contributed by atoms with Crippen molar-refractivity contribution < 1.29 is 28.6 Å². The molecule has 0 unspecified atom stereocenters. The second-order valence-electron chi connectivity index (χ2n) is 9.07. The zero-order valence-corrected chi connectivity index (χ0v) is 19.8. The number of rotatable bonds is 9. The predicted octanol–water partition coefficient (Wildman–Crippen LogP) is 4.55. The zero-order chi connectivity index (χ0) is 25.5. The largest absolute Gasteiger partial charge is 0.490 e. The highest BCUT2D eigenvalue weighted by atomic mass is 19.1. The van der Waals surface area contributed by atoms with Gasteiger partial charge in [-0.1, -0.05) is 30.3 Å². The first-order valence-electron chi connectivity index (χ1n) is 12.1. The third-order valence-corrected chi connectivity index (χ3v) is 6.45. The maximum Gasteiger partial charge on any atom is 0.303 e. The summed E-state index contributed by atoms with van der Waals surface area (Å²) in [5.41, 5.74) is 0.422. The van der Waals surface area contributed by atoms with E-state index in [2.05, 4.69) is 10.6 Å². The topological polar surface area (TPSA) is 105 Å². The average molecular weight is 493 g/mol. The van der Waals surface area contributed by atoms with E-state index in [1.54, 1.807) is 12.1 Å². The Kier molecular flexibility index (Phi) is 8.15. The number of benzene rings is 3. The van der Waals surface area contributed by atoms with Gasteiger partial charge in [0.2, 0.25) is 0 Å². The van der Waals surface area contributed by atoms with Gasteiger partial charge in [-0.2, -0.15) is 0 Å². The minimum absolute atomic E-state index is 0.0969. The van der Waals surface area contributed by atoms with E-state index in [9.17, 15) is 18.8 Å². The van der Waals surface area contributed by atoms with Crippen molar-refractivity contribution in [1.82, 2.24) is 10.6 Å². The third-order valence-electron chi connectivity index (χ3n) is 6.45. The molecule has 0 saturated heterocycles. The lowest BCUT2D eigenvalue weighted by Gasteiger charge is -2.28. The Labute approximate surface area is 208 Å². The first-order valence-corrected chi connectivity index (χ1v) is 12.1. The Hall–Kier alpha value is -3.94. The molecule has 4 rings (SSSR count). The highest BCUT2D eigenvalue weighted by Gasteiger charge is 2.24. The number of ether oxygens (including phenoxy) is 1. The molecular formula is C28H29FN2O5. The van der Waals surface area contributed by atoms with E-state index >= 15 is 0 Å². The molecule has 0 heterocycles. The lowest BCUT2D eigenvalue weighted by atomic mass is 9.85. The van der Waals surface area contributed by atoms with E-state index in [1.165, 1.54) is 12.1 Å². The molecule has 1 aliphatic carbocycles. The quantitative estimate of drug-likeness (QED) is 0.380. The van der Waals surface area contributed by atoms with Crippen molar-refractivity contribution in [3.8, 4) is 5.75 Å². The number of fused-ring (bicyclic) bond motifs is 1. The second kappa shape index (κ2) is 11.7. The van der Waals surface area contributed by atoms with Gasteiger partial charge in [0.25, 0.3) is 11.8 Å². The Bertz CT molecular complexity index is 1250. The zero-order valence-electron chi connectivity index (χ0n) is 19.8. The summed E-state index contributed by atoms with van der Waals surface area (Å²) in [7, 11) is 0. The Morgan fingerprint density at radius 1 is 0.861 bits per heavy atom. The molecule has 0 aromatic heterocycles. The molecule has 188 valence electrons. The SMILES string of the molecule is O=C(O)CC1CCC(Oc2ccc(C(=O)NCCNC(=O)c3ccc4ccccc4c3)c(F)c2)CC1. The van der Waals surface area contributed by atoms with Crippen molar-refractivity contribution >= 4 is 28.6 Å². The molecule has 3 aromatic carbocycles. The van der Waals surface area contributed by atoms with Crippen LogP contribution in [0.5, 0.6) is 5.75 Å². The number of halogens is 1. The molecule has 0 radical (unpaired) electrons. The van der Waals surface area contributed by atoms with Crippen LogP contribution in [0, 0.1) is 11.7 Å². The Balaban J connectivity index is 1.22. The average Bonchev–Trinajstić information content (AvgIpc) is 2.87. The molecule has 0 bridgehead atoms. The van der Waals surface area contributed by atoms with Gasteiger partial charge in [0, 0.05) is 31.1 Å². The standard InChI is InChI=1S/C28H29FN2O5/c29-25-17-23(36-22-9-5-18(6-10-22)15-26(32)33)11-12-24(25)28(35)31-14-13-30-27(34)21-8-7-19-3-1-2-4-20(19)16-21/h1-4,7-8,11-12,16-18,22H,5-6,9-10,13-15H2,(H,30,34)(H,31,35)(H,32,33). The van der Waals surface area contributed by atoms with E-state index < -0.39 is 17.7 Å². The summed E-state index contributed by atoms with van der Waals surface area (Å²) in [6.45, 7) is 0.347. The number of amides is 2. The van der Waals surface area contributed by atoms with E-state index in [1.807, 2.05) is 36.4 Å². The molecule has 1 saturated carbocycles. The molecule has 0 spiro atoms. The van der Waals surface area contributed by atoms with E-state index in [0.29, 0.717) is 24.2 Å². The third kappa shape index (κ3) is 6.59. The van der Waals surface area contributed by atoms with E-state index in [4.69, 9.17) is 9.84 Å². The number of nitrogens with one attached hydrogen (secondary N) is 2. The molecule has 1 aliphatic rings. The summed E-state index contributed by atoms with van der Waals surface area (Å²) in [6.07, 6.45) is 3.02. The number of carboxylic acids is 1. The fraction of sp³-hybridized carbons (Fsp3) is 0.321. The molecule has 0 atom stereocenters. The van der Waals surface area contributed by atoms with Crippen LogP contribution in [0.1, 0.15) is 52.8 Å². The van der Waals surface area contributed by atoms with Gasteiger partial charge < -0.3 is 20.5 Å². The van der Waals surface area contributed by atoms with Gasteiger partial charge in [-0.15, -0.1) is 0 Å². The van der Waals surface area contributed by atoms with Gasteiger partial charge in [-0.05, 0) is 66.6 Å². The molecule has 3 N–H and O–H groups in total. The lowest BCUT2D eigenvalue weighted by Crippen LogP contribution is -2.35.